The van der Waals surface area contributed by atoms with E-state index in [1.807, 2.05) is 37.3 Å². The summed E-state index contributed by atoms with van der Waals surface area (Å²) in [7, 11) is -3.24. The van der Waals surface area contributed by atoms with Gasteiger partial charge in [-0.2, -0.15) is 0 Å². The highest BCUT2D eigenvalue weighted by atomic mass is 32.2. The summed E-state index contributed by atoms with van der Waals surface area (Å²) in [6.45, 7) is 5.61. The van der Waals surface area contributed by atoms with Crippen molar-refractivity contribution in [3.63, 3.8) is 0 Å². The van der Waals surface area contributed by atoms with Gasteiger partial charge in [0.2, 0.25) is 10.0 Å². The largest absolute Gasteiger partial charge is 0.312 e. The summed E-state index contributed by atoms with van der Waals surface area (Å²) in [5.41, 5.74) is 1.06. The second-order valence-corrected chi connectivity index (χ2v) is 7.97. The van der Waals surface area contributed by atoms with Gasteiger partial charge in [-0.15, -0.1) is 0 Å². The average molecular weight is 310 g/mol. The van der Waals surface area contributed by atoms with E-state index < -0.39 is 10.0 Å². The van der Waals surface area contributed by atoms with Crippen molar-refractivity contribution in [2.45, 2.75) is 38.6 Å². The maximum atomic E-state index is 12.2. The zero-order valence-electron chi connectivity index (χ0n) is 12.9. The van der Waals surface area contributed by atoms with E-state index in [0.717, 1.165) is 12.1 Å². The molecule has 1 aromatic rings. The molecule has 4 nitrogen and oxygen atoms in total. The summed E-state index contributed by atoms with van der Waals surface area (Å²) in [4.78, 5) is 0. The van der Waals surface area contributed by atoms with Gasteiger partial charge in [-0.1, -0.05) is 44.2 Å². The van der Waals surface area contributed by atoms with Crippen LogP contribution in [-0.2, 0) is 10.0 Å². The number of rotatable bonds is 6. The van der Waals surface area contributed by atoms with Gasteiger partial charge in [0.05, 0.1) is 5.75 Å². The Balaban J connectivity index is 1.87. The van der Waals surface area contributed by atoms with Crippen LogP contribution >= 0.6 is 0 Å². The Morgan fingerprint density at radius 2 is 2.05 bits per heavy atom. The number of hydrogen-bond acceptors (Lipinski definition) is 3. The van der Waals surface area contributed by atoms with Crippen molar-refractivity contribution in [1.29, 1.82) is 0 Å². The van der Waals surface area contributed by atoms with Gasteiger partial charge in [-0.3, -0.25) is 0 Å². The molecule has 0 radical (unpaired) electrons. The first-order chi connectivity index (χ1) is 9.98. The summed E-state index contributed by atoms with van der Waals surface area (Å²) in [5, 5.41) is 3.40. The van der Waals surface area contributed by atoms with E-state index in [1.54, 1.807) is 0 Å². The monoisotopic (exact) mass is 310 g/mol. The molecule has 118 valence electrons. The van der Waals surface area contributed by atoms with Crippen LogP contribution in [0.2, 0.25) is 0 Å². The predicted octanol–water partition coefficient (Wildman–Crippen LogP) is 2.10. The predicted molar refractivity (Wildman–Crippen MR) is 86.8 cm³/mol. The molecule has 3 unspecified atom stereocenters. The molecule has 1 heterocycles. The van der Waals surface area contributed by atoms with E-state index in [-0.39, 0.29) is 17.7 Å². The molecule has 0 aromatic heterocycles. The molecule has 21 heavy (non-hydrogen) atoms. The number of nitrogens with one attached hydrogen (secondary N) is 2. The van der Waals surface area contributed by atoms with Crippen LogP contribution in [0.3, 0.4) is 0 Å². The molecule has 1 aliphatic rings. The van der Waals surface area contributed by atoms with Gasteiger partial charge >= 0.3 is 0 Å². The summed E-state index contributed by atoms with van der Waals surface area (Å²) >= 11 is 0. The van der Waals surface area contributed by atoms with Crippen molar-refractivity contribution in [2.75, 3.05) is 18.8 Å². The molecule has 0 spiro atoms. The summed E-state index contributed by atoms with van der Waals surface area (Å²) < 4.78 is 27.2. The average Bonchev–Trinajstić information content (AvgIpc) is 2.47. The fourth-order valence-corrected chi connectivity index (χ4v) is 4.27. The Labute approximate surface area is 128 Å². The molecule has 1 aliphatic heterocycles. The second kappa shape index (κ2) is 7.38. The van der Waals surface area contributed by atoms with Crippen molar-refractivity contribution in [3.05, 3.63) is 35.9 Å². The molecule has 0 bridgehead atoms. The van der Waals surface area contributed by atoms with Crippen LogP contribution in [0.25, 0.3) is 0 Å². The minimum Gasteiger partial charge on any atom is -0.312 e. The highest BCUT2D eigenvalue weighted by Gasteiger charge is 2.23. The van der Waals surface area contributed by atoms with Gasteiger partial charge in [-0.25, -0.2) is 13.1 Å². The molecule has 2 N–H and O–H groups in total. The summed E-state index contributed by atoms with van der Waals surface area (Å²) in [5.74, 6) is 0.659. The van der Waals surface area contributed by atoms with Crippen LogP contribution in [0.5, 0.6) is 0 Å². The molecule has 1 saturated heterocycles. The lowest BCUT2D eigenvalue weighted by molar-refractivity contribution is 0.300. The quantitative estimate of drug-likeness (QED) is 0.846. The molecule has 1 fully saturated rings. The van der Waals surface area contributed by atoms with Crippen LogP contribution < -0.4 is 10.0 Å². The zero-order valence-corrected chi connectivity index (χ0v) is 13.7. The molecular formula is C16H26N2O2S. The van der Waals surface area contributed by atoms with E-state index in [2.05, 4.69) is 17.0 Å². The Morgan fingerprint density at radius 3 is 2.71 bits per heavy atom. The van der Waals surface area contributed by atoms with Crippen molar-refractivity contribution in [1.82, 2.24) is 10.0 Å². The normalized spacial score (nSPS) is 24.7. The fraction of sp³-hybridized carbons (Fsp3) is 0.625. The van der Waals surface area contributed by atoms with Gasteiger partial charge in [-0.05, 0) is 36.8 Å². The summed E-state index contributed by atoms with van der Waals surface area (Å²) in [6.07, 6.45) is 2.34. The van der Waals surface area contributed by atoms with Gasteiger partial charge in [0.1, 0.15) is 0 Å². The molecule has 2 rings (SSSR count). The fourth-order valence-electron chi connectivity index (χ4n) is 2.87. The molecule has 3 atom stereocenters. The van der Waals surface area contributed by atoms with Gasteiger partial charge in [0, 0.05) is 12.6 Å². The topological polar surface area (TPSA) is 58.2 Å². The van der Waals surface area contributed by atoms with Gasteiger partial charge < -0.3 is 5.32 Å². The minimum absolute atomic E-state index is 0.000406. The Hall–Kier alpha value is -0.910. The summed E-state index contributed by atoms with van der Waals surface area (Å²) in [6, 6.07) is 10.0. The van der Waals surface area contributed by atoms with Crippen LogP contribution in [-0.4, -0.2) is 33.3 Å². The Bertz CT molecular complexity index is 530. The Morgan fingerprint density at radius 1 is 1.33 bits per heavy atom. The maximum absolute atomic E-state index is 12.2. The van der Waals surface area contributed by atoms with Crippen molar-refractivity contribution < 1.29 is 8.42 Å². The van der Waals surface area contributed by atoms with Crippen molar-refractivity contribution in [3.8, 4) is 0 Å². The minimum atomic E-state index is -3.24. The van der Waals surface area contributed by atoms with Crippen LogP contribution in [0.1, 0.15) is 38.2 Å². The van der Waals surface area contributed by atoms with Crippen LogP contribution in [0.15, 0.2) is 30.3 Å². The maximum Gasteiger partial charge on any atom is 0.212 e. The Kier molecular flexibility index (Phi) is 5.79. The SMILES string of the molecule is CC(CS(=O)(=O)NCC1NCCCC1C)c1ccccc1. The lowest BCUT2D eigenvalue weighted by Crippen LogP contribution is -2.48. The standard InChI is InChI=1S/C16H26N2O2S/c1-13-7-6-10-17-16(13)11-18-21(19,20)12-14(2)15-8-4-3-5-9-15/h3-5,8-9,13-14,16-18H,6-7,10-12H2,1-2H3. The molecule has 0 saturated carbocycles. The highest BCUT2D eigenvalue weighted by molar-refractivity contribution is 7.89. The smallest absolute Gasteiger partial charge is 0.212 e. The third-order valence-electron chi connectivity index (χ3n) is 4.29. The van der Waals surface area contributed by atoms with E-state index in [4.69, 9.17) is 0 Å². The van der Waals surface area contributed by atoms with E-state index in [9.17, 15) is 8.42 Å². The first kappa shape index (κ1) is 16.5. The van der Waals surface area contributed by atoms with E-state index >= 15 is 0 Å². The molecule has 0 aliphatic carbocycles. The number of benzene rings is 1. The third-order valence-corrected chi connectivity index (χ3v) is 5.84. The first-order valence-corrected chi connectivity index (χ1v) is 9.39. The van der Waals surface area contributed by atoms with Crippen LogP contribution in [0, 0.1) is 5.92 Å². The number of piperidine rings is 1. The molecule has 1 aromatic carbocycles. The third kappa shape index (κ3) is 5.09. The number of sulfonamides is 1. The zero-order chi connectivity index (χ0) is 15.3. The van der Waals surface area contributed by atoms with E-state index in [0.29, 0.717) is 12.5 Å². The lowest BCUT2D eigenvalue weighted by Gasteiger charge is -2.30. The second-order valence-electron chi connectivity index (χ2n) is 6.12. The van der Waals surface area contributed by atoms with E-state index in [1.165, 1.54) is 12.8 Å². The highest BCUT2D eigenvalue weighted by Crippen LogP contribution is 2.17. The molecule has 5 heteroatoms. The van der Waals surface area contributed by atoms with Gasteiger partial charge in [0.25, 0.3) is 0 Å². The molecular weight excluding hydrogens is 284 g/mol. The van der Waals surface area contributed by atoms with Gasteiger partial charge in [0.15, 0.2) is 0 Å². The van der Waals surface area contributed by atoms with Crippen LogP contribution in [0.4, 0.5) is 0 Å². The van der Waals surface area contributed by atoms with Crippen molar-refractivity contribution >= 4 is 10.0 Å². The molecule has 0 amide bonds. The first-order valence-electron chi connectivity index (χ1n) is 7.73. The van der Waals surface area contributed by atoms with Crippen molar-refractivity contribution in [2.24, 2.45) is 5.92 Å². The number of hydrogen-bond donors (Lipinski definition) is 2. The lowest BCUT2D eigenvalue weighted by atomic mass is 9.93.